The van der Waals surface area contributed by atoms with E-state index in [1.165, 1.54) is 0 Å². The maximum absolute atomic E-state index is 5.74. The molecule has 0 radical (unpaired) electrons. The molecule has 188 valence electrons. The summed E-state index contributed by atoms with van der Waals surface area (Å²) < 4.78 is 41.8. The van der Waals surface area contributed by atoms with E-state index in [2.05, 4.69) is 61.7 Å². The van der Waals surface area contributed by atoms with Gasteiger partial charge >= 0.3 is 23.5 Å². The lowest BCUT2D eigenvalue weighted by atomic mass is 10.2. The van der Waals surface area contributed by atoms with Crippen LogP contribution in [0.2, 0.25) is 0 Å². The number of nitrogens with zero attached hydrogens (tertiary/aromatic N) is 12. The highest BCUT2D eigenvalue weighted by atomic mass is 16.6. The van der Waals surface area contributed by atoms with E-state index in [9.17, 15) is 0 Å². The lowest BCUT2D eigenvalue weighted by molar-refractivity contribution is 0.0657. The molecule has 20 heteroatoms. The Morgan fingerprint density at radius 1 is 0.361 bits per heavy atom. The molecule has 0 fully saturated rings. The van der Waals surface area contributed by atoms with E-state index in [0.717, 1.165) is 0 Å². The minimum absolute atomic E-state index is 0.0605. The first-order valence-electron chi connectivity index (χ1n) is 10.3. The Morgan fingerprint density at radius 2 is 0.583 bits per heavy atom. The van der Waals surface area contributed by atoms with Crippen LogP contribution in [-0.4, -0.2) is 65.7 Å². The fourth-order valence-corrected chi connectivity index (χ4v) is 2.52. The summed E-state index contributed by atoms with van der Waals surface area (Å²) in [5.41, 5.74) is 0. The maximum Gasteiger partial charge on any atom is 0.305 e. The highest BCUT2D eigenvalue weighted by Gasteiger charge is 2.26. The van der Waals surface area contributed by atoms with E-state index in [1.807, 2.05) is 0 Å². The van der Waals surface area contributed by atoms with Crippen molar-refractivity contribution in [3.63, 3.8) is 0 Å². The Balaban J connectivity index is 1.48. The molecule has 4 aromatic rings. The van der Waals surface area contributed by atoms with Crippen LogP contribution >= 0.6 is 0 Å². The molecule has 4 aromatic heterocycles. The van der Waals surface area contributed by atoms with E-state index in [0.29, 0.717) is 0 Å². The zero-order valence-corrected chi connectivity index (χ0v) is 18.9. The molecule has 20 nitrogen and oxygen atoms in total. The van der Waals surface area contributed by atoms with Gasteiger partial charge in [0, 0.05) is 0 Å². The van der Waals surface area contributed by atoms with Crippen molar-refractivity contribution in [2.75, 3.05) is 0 Å². The Labute approximate surface area is 198 Å². The molecule has 1 aliphatic rings. The minimum Gasteiger partial charge on any atom is -0.466 e. The van der Waals surface area contributed by atoms with E-state index in [1.54, 1.807) is 27.7 Å². The largest absolute Gasteiger partial charge is 0.466 e. The molecule has 0 saturated carbocycles. The summed E-state index contributed by atoms with van der Waals surface area (Å²) in [7, 11) is 0. The smallest absolute Gasteiger partial charge is 0.305 e. The summed E-state index contributed by atoms with van der Waals surface area (Å²) >= 11 is 0. The van der Waals surface area contributed by atoms with Gasteiger partial charge in [0.2, 0.25) is 0 Å². The maximum atomic E-state index is 5.74. The second-order valence-corrected chi connectivity index (χ2v) is 7.26. The normalized spacial score (nSPS) is 22.6. The second-order valence-electron chi connectivity index (χ2n) is 7.26. The number of rotatable bonds is 0. The first kappa shape index (κ1) is 22.7. The van der Waals surface area contributed by atoms with Crippen molar-refractivity contribution in [1.29, 1.82) is 0 Å². The Hall–Kier alpha value is -5.04. The van der Waals surface area contributed by atoms with Crippen LogP contribution in [0.25, 0.3) is 0 Å². The van der Waals surface area contributed by atoms with Gasteiger partial charge in [0.05, 0.1) is 0 Å². The Morgan fingerprint density at radius 3 is 0.806 bits per heavy atom. The average molecular weight is 504 g/mol. The second kappa shape index (κ2) is 9.68. The first-order valence-corrected chi connectivity index (χ1v) is 10.3. The highest BCUT2D eigenvalue weighted by molar-refractivity contribution is 5.41. The summed E-state index contributed by atoms with van der Waals surface area (Å²) in [5.74, 6) is -0.554. The van der Waals surface area contributed by atoms with Crippen LogP contribution in [0.5, 0.6) is 23.5 Å². The van der Waals surface area contributed by atoms with Crippen LogP contribution in [0.1, 0.15) is 27.7 Å². The zero-order chi connectivity index (χ0) is 25.1. The predicted molar refractivity (Wildman–Crippen MR) is 106 cm³/mol. The van der Waals surface area contributed by atoms with E-state index >= 15 is 0 Å². The van der Waals surface area contributed by atoms with Gasteiger partial charge in [-0.05, 0) is 68.9 Å². The molecular weight excluding hydrogens is 488 g/mol. The molecule has 0 aliphatic carbocycles. The quantitative estimate of drug-likeness (QED) is 0.334. The number of hydrogen-bond acceptors (Lipinski definition) is 20. The molecule has 5 heterocycles. The standard InChI is InChI=1S/C16H16N12O8/c1-5-6(2)30-14-10(22-34-26-14)18-20-12-16(28-36-24-12)32-8(4)7(3)31-15-11(23-35-27-15)19-17-9-13(29-5)25-33-21-9/h5-8H,1-4H3/t5-,6-,7+,8+. The van der Waals surface area contributed by atoms with Gasteiger partial charge in [-0.1, -0.05) is 0 Å². The fraction of sp³-hybridized carbons (Fsp3) is 0.500. The van der Waals surface area contributed by atoms with Gasteiger partial charge < -0.3 is 18.9 Å². The minimum atomic E-state index is -0.618. The molecule has 0 unspecified atom stereocenters. The van der Waals surface area contributed by atoms with Gasteiger partial charge in [0.1, 0.15) is 24.4 Å². The van der Waals surface area contributed by atoms with E-state index < -0.39 is 24.4 Å². The van der Waals surface area contributed by atoms with Crippen molar-refractivity contribution in [2.45, 2.75) is 52.1 Å². The molecular formula is C16H16N12O8. The van der Waals surface area contributed by atoms with Crippen LogP contribution in [0.15, 0.2) is 39.0 Å². The number of ether oxygens (including phenoxy) is 4. The van der Waals surface area contributed by atoms with E-state index in [-0.39, 0.29) is 46.8 Å². The van der Waals surface area contributed by atoms with E-state index in [4.69, 9.17) is 37.5 Å². The third-order valence-corrected chi connectivity index (χ3v) is 4.76. The molecule has 5 rings (SSSR count). The molecule has 0 bridgehead atoms. The predicted octanol–water partition coefficient (Wildman–Crippen LogP) is 2.83. The number of fused-ring (bicyclic) bond motifs is 4. The van der Waals surface area contributed by atoms with Crippen molar-refractivity contribution in [3.8, 4) is 23.5 Å². The van der Waals surface area contributed by atoms with Gasteiger partial charge in [-0.15, -0.1) is 20.5 Å². The first-order chi connectivity index (χ1) is 17.5. The van der Waals surface area contributed by atoms with Gasteiger partial charge in [0.25, 0.3) is 23.3 Å². The zero-order valence-electron chi connectivity index (χ0n) is 18.9. The van der Waals surface area contributed by atoms with Crippen molar-refractivity contribution in [2.24, 2.45) is 20.5 Å². The summed E-state index contributed by atoms with van der Waals surface area (Å²) in [4.78, 5) is 0. The molecule has 1 aliphatic heterocycles. The lowest BCUT2D eigenvalue weighted by Gasteiger charge is -2.20. The average Bonchev–Trinajstić information content (AvgIpc) is 3.65. The summed E-state index contributed by atoms with van der Waals surface area (Å²) in [6, 6.07) is 0. The van der Waals surface area contributed by atoms with Crippen LogP contribution in [0.4, 0.5) is 23.3 Å². The van der Waals surface area contributed by atoms with Crippen molar-refractivity contribution in [3.05, 3.63) is 0 Å². The molecule has 0 amide bonds. The van der Waals surface area contributed by atoms with Crippen LogP contribution < -0.4 is 18.9 Å². The monoisotopic (exact) mass is 504 g/mol. The van der Waals surface area contributed by atoms with Crippen molar-refractivity contribution < 1.29 is 37.5 Å². The summed E-state index contributed by atoms with van der Waals surface area (Å²) in [6.45, 7) is 6.78. The molecule has 0 saturated heterocycles. The lowest BCUT2D eigenvalue weighted by Crippen LogP contribution is -2.31. The van der Waals surface area contributed by atoms with Gasteiger partial charge in [0.15, 0.2) is 0 Å². The summed E-state index contributed by atoms with van der Waals surface area (Å²) in [5, 5.41) is 45.1. The van der Waals surface area contributed by atoms with Gasteiger partial charge in [-0.3, -0.25) is 0 Å². The Kier molecular flexibility index (Phi) is 6.11. The molecule has 4 atom stereocenters. The van der Waals surface area contributed by atoms with Crippen LogP contribution in [0, 0.1) is 0 Å². The van der Waals surface area contributed by atoms with Crippen molar-refractivity contribution in [1.82, 2.24) is 41.3 Å². The summed E-state index contributed by atoms with van der Waals surface area (Å²) in [6.07, 6.45) is -2.47. The van der Waals surface area contributed by atoms with Gasteiger partial charge in [-0.2, -0.15) is 0 Å². The third-order valence-electron chi connectivity index (χ3n) is 4.76. The fourth-order valence-electron chi connectivity index (χ4n) is 2.52. The topological polar surface area (TPSA) is 242 Å². The third kappa shape index (κ3) is 4.76. The molecule has 0 spiro atoms. The highest BCUT2D eigenvalue weighted by Crippen LogP contribution is 2.32. The SMILES string of the molecule is C[C@@H]1Oc2nonc2N=Nc2nonc2O[C@H](C)[C@@H](C)Oc2nonc2N=Nc2nonc2O[C@H]1C. The van der Waals surface area contributed by atoms with Gasteiger partial charge in [-0.25, -0.2) is 18.5 Å². The van der Waals surface area contributed by atoms with Crippen LogP contribution in [-0.2, 0) is 0 Å². The number of azo groups is 2. The number of hydrogen-bond donors (Lipinski definition) is 0. The molecule has 0 N–H and O–H groups in total. The number of aromatic nitrogens is 8. The van der Waals surface area contributed by atoms with Crippen molar-refractivity contribution >= 4 is 23.3 Å². The molecule has 0 aromatic carbocycles. The molecule has 36 heavy (non-hydrogen) atoms. The van der Waals surface area contributed by atoms with Crippen LogP contribution in [0.3, 0.4) is 0 Å². The Bertz CT molecular complexity index is 1160.